The molecule has 1 aliphatic rings. The number of aliphatic hydroxyl groups excluding tert-OH is 1. The van der Waals surface area contributed by atoms with Crippen LogP contribution in [0.5, 0.6) is 0 Å². The molecule has 1 atom stereocenters. The Kier molecular flexibility index (Phi) is 8.83. The number of rotatable bonds is 12. The molecule has 8 heteroatoms. The third-order valence-electron chi connectivity index (χ3n) is 5.72. The van der Waals surface area contributed by atoms with E-state index < -0.39 is 18.2 Å². The molecular formula is C25H30N2O6. The second-order valence-electron chi connectivity index (χ2n) is 8.06. The van der Waals surface area contributed by atoms with Gasteiger partial charge in [-0.25, -0.2) is 9.59 Å². The molecular weight excluding hydrogens is 424 g/mol. The molecule has 8 nitrogen and oxygen atoms in total. The first-order chi connectivity index (χ1) is 16.0. The maximum Gasteiger partial charge on any atom is 0.407 e. The van der Waals surface area contributed by atoms with Crippen molar-refractivity contribution in [3.05, 3.63) is 59.7 Å². The normalized spacial score (nSPS) is 13.0. The summed E-state index contributed by atoms with van der Waals surface area (Å²) in [6.07, 6.45) is 0.504. The highest BCUT2D eigenvalue weighted by Gasteiger charge is 2.28. The van der Waals surface area contributed by atoms with Gasteiger partial charge in [0, 0.05) is 31.8 Å². The number of hydrogen-bond donors (Lipinski definition) is 4. The molecule has 2 amide bonds. The summed E-state index contributed by atoms with van der Waals surface area (Å²) in [7, 11) is 0. The number of fused-ring (bicyclic) bond motifs is 3. The summed E-state index contributed by atoms with van der Waals surface area (Å²) in [5.74, 6) is -1.46. The summed E-state index contributed by atoms with van der Waals surface area (Å²) in [5, 5.41) is 23.1. The number of aliphatic carboxylic acids is 1. The van der Waals surface area contributed by atoms with Gasteiger partial charge in [0.05, 0.1) is 0 Å². The topological polar surface area (TPSA) is 125 Å². The van der Waals surface area contributed by atoms with Gasteiger partial charge in [0.15, 0.2) is 6.10 Å². The third kappa shape index (κ3) is 6.79. The van der Waals surface area contributed by atoms with E-state index in [0.29, 0.717) is 19.4 Å². The van der Waals surface area contributed by atoms with Gasteiger partial charge in [-0.3, -0.25) is 4.79 Å². The molecule has 3 rings (SSSR count). The van der Waals surface area contributed by atoms with Crippen LogP contribution in [0.4, 0.5) is 4.79 Å². The van der Waals surface area contributed by atoms with E-state index in [1.165, 1.54) is 22.3 Å². The van der Waals surface area contributed by atoms with Crippen molar-refractivity contribution in [1.82, 2.24) is 10.6 Å². The van der Waals surface area contributed by atoms with Crippen molar-refractivity contribution in [3.8, 4) is 11.1 Å². The number of ether oxygens (including phenoxy) is 1. The Bertz CT molecular complexity index is 931. The number of aliphatic hydroxyl groups is 1. The molecule has 4 N–H and O–H groups in total. The van der Waals surface area contributed by atoms with Crippen molar-refractivity contribution >= 4 is 18.0 Å². The second kappa shape index (κ2) is 12.0. The van der Waals surface area contributed by atoms with Crippen LogP contribution in [0.2, 0.25) is 0 Å². The van der Waals surface area contributed by atoms with E-state index in [0.717, 1.165) is 12.8 Å². The SMILES string of the molecule is O=C(CCCCCNC(=O)OCC1c2ccccc2-c2ccccc21)NCC[C@H](O)C(=O)O. The number of amides is 2. The first kappa shape index (κ1) is 24.3. The minimum Gasteiger partial charge on any atom is -0.479 e. The van der Waals surface area contributed by atoms with Crippen molar-refractivity contribution in [2.24, 2.45) is 0 Å². The molecule has 0 aliphatic heterocycles. The van der Waals surface area contributed by atoms with Crippen LogP contribution in [0.1, 0.15) is 49.1 Å². The molecule has 0 bridgehead atoms. The lowest BCUT2D eigenvalue weighted by Crippen LogP contribution is -2.30. The van der Waals surface area contributed by atoms with Gasteiger partial charge in [-0.05, 0) is 35.1 Å². The van der Waals surface area contributed by atoms with Crippen molar-refractivity contribution in [3.63, 3.8) is 0 Å². The van der Waals surface area contributed by atoms with Gasteiger partial charge in [-0.15, -0.1) is 0 Å². The van der Waals surface area contributed by atoms with Gasteiger partial charge in [0.25, 0.3) is 0 Å². The summed E-state index contributed by atoms with van der Waals surface area (Å²) < 4.78 is 5.49. The molecule has 2 aromatic carbocycles. The number of carboxylic acids is 1. The van der Waals surface area contributed by atoms with Crippen LogP contribution in [-0.2, 0) is 14.3 Å². The zero-order valence-electron chi connectivity index (χ0n) is 18.5. The number of benzene rings is 2. The van der Waals surface area contributed by atoms with Gasteiger partial charge in [0.1, 0.15) is 6.61 Å². The van der Waals surface area contributed by atoms with Crippen molar-refractivity contribution in [2.75, 3.05) is 19.7 Å². The number of carbonyl (C=O) groups excluding carboxylic acids is 2. The predicted molar refractivity (Wildman–Crippen MR) is 123 cm³/mol. The summed E-state index contributed by atoms with van der Waals surface area (Å²) in [4.78, 5) is 34.3. The van der Waals surface area contributed by atoms with Crippen LogP contribution in [0.15, 0.2) is 48.5 Å². The van der Waals surface area contributed by atoms with E-state index in [1.807, 2.05) is 24.3 Å². The van der Waals surface area contributed by atoms with E-state index in [9.17, 15) is 14.4 Å². The number of alkyl carbamates (subject to hydrolysis) is 1. The van der Waals surface area contributed by atoms with Crippen molar-refractivity contribution < 1.29 is 29.3 Å². The second-order valence-corrected chi connectivity index (χ2v) is 8.06. The average Bonchev–Trinajstić information content (AvgIpc) is 3.13. The maximum atomic E-state index is 12.1. The number of hydrogen-bond acceptors (Lipinski definition) is 5. The summed E-state index contributed by atoms with van der Waals surface area (Å²) in [6.45, 7) is 0.856. The summed E-state index contributed by atoms with van der Waals surface area (Å²) in [5.41, 5.74) is 4.71. The molecule has 2 aromatic rings. The maximum absolute atomic E-state index is 12.1. The lowest BCUT2D eigenvalue weighted by atomic mass is 9.98. The lowest BCUT2D eigenvalue weighted by Gasteiger charge is -2.14. The fourth-order valence-corrected chi connectivity index (χ4v) is 3.99. The molecule has 176 valence electrons. The Morgan fingerprint density at radius 1 is 0.879 bits per heavy atom. The highest BCUT2D eigenvalue weighted by Crippen LogP contribution is 2.44. The van der Waals surface area contributed by atoms with E-state index >= 15 is 0 Å². The molecule has 0 saturated heterocycles. The smallest absolute Gasteiger partial charge is 0.407 e. The quantitative estimate of drug-likeness (QED) is 0.365. The Balaban J connectivity index is 1.29. The molecule has 0 heterocycles. The highest BCUT2D eigenvalue weighted by molar-refractivity contribution is 5.79. The van der Waals surface area contributed by atoms with E-state index in [4.69, 9.17) is 14.9 Å². The zero-order chi connectivity index (χ0) is 23.6. The number of carboxylic acid groups (broad SMARTS) is 1. The van der Waals surface area contributed by atoms with Crippen molar-refractivity contribution in [1.29, 1.82) is 0 Å². The van der Waals surface area contributed by atoms with Crippen molar-refractivity contribution in [2.45, 2.75) is 44.1 Å². The highest BCUT2D eigenvalue weighted by atomic mass is 16.5. The van der Waals surface area contributed by atoms with Gasteiger partial charge >= 0.3 is 12.1 Å². The summed E-state index contributed by atoms with van der Waals surface area (Å²) >= 11 is 0. The van der Waals surface area contributed by atoms with Crippen LogP contribution in [0.25, 0.3) is 11.1 Å². The van der Waals surface area contributed by atoms with Crippen LogP contribution < -0.4 is 10.6 Å². The molecule has 0 aromatic heterocycles. The van der Waals surface area contributed by atoms with Crippen LogP contribution in [0, 0.1) is 0 Å². The van der Waals surface area contributed by atoms with Crippen LogP contribution in [0.3, 0.4) is 0 Å². The Morgan fingerprint density at radius 3 is 2.15 bits per heavy atom. The Hall–Kier alpha value is -3.39. The standard InChI is InChI=1S/C25H30N2O6/c28-22(24(30)31)13-15-26-23(29)12-2-1-7-14-27-25(32)33-16-21-19-10-5-3-8-17(19)18-9-4-6-11-20(18)21/h3-6,8-11,21-22,28H,1-2,7,12-16H2,(H,26,29)(H,27,32)(H,30,31)/t22-/m0/s1. The van der Waals surface area contributed by atoms with Crippen LogP contribution in [-0.4, -0.2) is 54.0 Å². The first-order valence-electron chi connectivity index (χ1n) is 11.2. The molecule has 33 heavy (non-hydrogen) atoms. The number of unbranched alkanes of at least 4 members (excludes halogenated alkanes) is 2. The van der Waals surface area contributed by atoms with E-state index in [-0.39, 0.29) is 31.4 Å². The third-order valence-corrected chi connectivity index (χ3v) is 5.72. The lowest BCUT2D eigenvalue weighted by molar-refractivity contribution is -0.147. The minimum absolute atomic E-state index is 0.0227. The largest absolute Gasteiger partial charge is 0.479 e. The molecule has 0 saturated carbocycles. The van der Waals surface area contributed by atoms with Gasteiger partial charge < -0.3 is 25.6 Å². The van der Waals surface area contributed by atoms with Gasteiger partial charge in [-0.2, -0.15) is 0 Å². The summed E-state index contributed by atoms with van der Waals surface area (Å²) in [6, 6.07) is 16.4. The minimum atomic E-state index is -1.46. The first-order valence-corrected chi connectivity index (χ1v) is 11.2. The predicted octanol–water partition coefficient (Wildman–Crippen LogP) is 3.04. The van der Waals surface area contributed by atoms with E-state index in [1.54, 1.807) is 0 Å². The fourth-order valence-electron chi connectivity index (χ4n) is 3.99. The van der Waals surface area contributed by atoms with Gasteiger partial charge in [-0.1, -0.05) is 55.0 Å². The molecule has 0 spiro atoms. The number of nitrogens with one attached hydrogen (secondary N) is 2. The molecule has 1 aliphatic carbocycles. The number of carbonyl (C=O) groups is 3. The monoisotopic (exact) mass is 454 g/mol. The Labute approximate surface area is 193 Å². The van der Waals surface area contributed by atoms with Crippen LogP contribution >= 0.6 is 0 Å². The molecule has 0 fully saturated rings. The average molecular weight is 455 g/mol. The zero-order valence-corrected chi connectivity index (χ0v) is 18.5. The molecule has 0 unspecified atom stereocenters. The van der Waals surface area contributed by atoms with Gasteiger partial charge in [0.2, 0.25) is 5.91 Å². The van der Waals surface area contributed by atoms with E-state index in [2.05, 4.69) is 34.9 Å². The Morgan fingerprint density at radius 2 is 1.52 bits per heavy atom. The fraction of sp³-hybridized carbons (Fsp3) is 0.400. The molecule has 0 radical (unpaired) electrons.